The molecule has 3 heteroatoms. The van der Waals surface area contributed by atoms with Gasteiger partial charge in [0.2, 0.25) is 0 Å². The highest BCUT2D eigenvalue weighted by atomic mass is 16.5. The van der Waals surface area contributed by atoms with Crippen LogP contribution in [-0.2, 0) is 6.54 Å². The maximum atomic E-state index is 5.27. The number of ether oxygens (including phenoxy) is 1. The second-order valence-electron chi connectivity index (χ2n) is 5.95. The molecule has 104 valence electrons. The van der Waals surface area contributed by atoms with Crippen molar-refractivity contribution in [2.75, 3.05) is 14.2 Å². The number of nitrogens with one attached hydrogen (secondary N) is 1. The van der Waals surface area contributed by atoms with Crippen molar-refractivity contribution in [3.8, 4) is 5.75 Å². The topological polar surface area (TPSA) is 24.5 Å². The molecule has 2 atom stereocenters. The number of benzene rings is 1. The van der Waals surface area contributed by atoms with E-state index in [4.69, 9.17) is 4.74 Å². The van der Waals surface area contributed by atoms with E-state index in [2.05, 4.69) is 35.5 Å². The molecule has 0 aliphatic carbocycles. The summed E-state index contributed by atoms with van der Waals surface area (Å²) in [6, 6.07) is 10.6. The molecule has 19 heavy (non-hydrogen) atoms. The summed E-state index contributed by atoms with van der Waals surface area (Å²) < 4.78 is 5.27. The van der Waals surface area contributed by atoms with Gasteiger partial charge in [0.1, 0.15) is 5.75 Å². The fourth-order valence-corrected chi connectivity index (χ4v) is 3.62. The van der Waals surface area contributed by atoms with Crippen LogP contribution in [-0.4, -0.2) is 37.2 Å². The zero-order valence-corrected chi connectivity index (χ0v) is 11.9. The quantitative estimate of drug-likeness (QED) is 0.900. The Labute approximate surface area is 115 Å². The number of methoxy groups -OCH3 is 1. The van der Waals surface area contributed by atoms with E-state index in [0.29, 0.717) is 6.04 Å². The van der Waals surface area contributed by atoms with Crippen LogP contribution in [0.2, 0.25) is 0 Å². The molecule has 0 spiro atoms. The number of nitrogens with zero attached hydrogens (tertiary/aromatic N) is 1. The molecule has 1 aromatic carbocycles. The summed E-state index contributed by atoms with van der Waals surface area (Å²) in [4.78, 5) is 2.59. The van der Waals surface area contributed by atoms with Crippen LogP contribution in [0.5, 0.6) is 5.75 Å². The second kappa shape index (κ2) is 5.51. The summed E-state index contributed by atoms with van der Waals surface area (Å²) in [6.45, 7) is 0.949. The summed E-state index contributed by atoms with van der Waals surface area (Å²) in [6.07, 6.45) is 5.38. The number of hydrogen-bond acceptors (Lipinski definition) is 3. The third-order valence-electron chi connectivity index (χ3n) is 4.83. The molecule has 3 rings (SSSR count). The second-order valence-corrected chi connectivity index (χ2v) is 5.95. The van der Waals surface area contributed by atoms with Crippen molar-refractivity contribution in [1.29, 1.82) is 0 Å². The largest absolute Gasteiger partial charge is 0.497 e. The van der Waals surface area contributed by atoms with Gasteiger partial charge in [-0.1, -0.05) is 12.1 Å². The fraction of sp³-hybridized carbons (Fsp3) is 0.625. The maximum Gasteiger partial charge on any atom is 0.119 e. The zero-order chi connectivity index (χ0) is 13.2. The Kier molecular flexibility index (Phi) is 3.76. The molecule has 1 aromatic rings. The van der Waals surface area contributed by atoms with Gasteiger partial charge in [-0.25, -0.2) is 0 Å². The average molecular weight is 260 g/mol. The SMILES string of the molecule is COc1cccc(CNC2CC3CCC(C2)N3C)c1. The molecule has 3 nitrogen and oxygen atoms in total. The van der Waals surface area contributed by atoms with Gasteiger partial charge in [-0.2, -0.15) is 0 Å². The molecule has 0 saturated carbocycles. The van der Waals surface area contributed by atoms with Crippen LogP contribution in [0.25, 0.3) is 0 Å². The Morgan fingerprint density at radius 1 is 1.26 bits per heavy atom. The smallest absolute Gasteiger partial charge is 0.119 e. The van der Waals surface area contributed by atoms with Crippen molar-refractivity contribution in [2.45, 2.75) is 50.4 Å². The van der Waals surface area contributed by atoms with Crippen LogP contribution in [0, 0.1) is 0 Å². The summed E-state index contributed by atoms with van der Waals surface area (Å²) >= 11 is 0. The van der Waals surface area contributed by atoms with E-state index in [0.717, 1.165) is 24.4 Å². The summed E-state index contributed by atoms with van der Waals surface area (Å²) in [5, 5.41) is 3.73. The van der Waals surface area contributed by atoms with E-state index in [1.54, 1.807) is 7.11 Å². The molecule has 2 aliphatic heterocycles. The minimum Gasteiger partial charge on any atom is -0.497 e. The predicted octanol–water partition coefficient (Wildman–Crippen LogP) is 2.41. The van der Waals surface area contributed by atoms with Crippen LogP contribution in [0.15, 0.2) is 24.3 Å². The predicted molar refractivity (Wildman–Crippen MR) is 77.4 cm³/mol. The van der Waals surface area contributed by atoms with Crippen molar-refractivity contribution in [3.63, 3.8) is 0 Å². The standard InChI is InChI=1S/C16H24N2O/c1-18-14-6-7-15(18)10-13(9-14)17-11-12-4-3-5-16(8-12)19-2/h3-5,8,13-15,17H,6-7,9-11H2,1-2H3. The van der Waals surface area contributed by atoms with Crippen LogP contribution in [0.1, 0.15) is 31.2 Å². The number of rotatable bonds is 4. The summed E-state index contributed by atoms with van der Waals surface area (Å²) in [5.41, 5.74) is 1.31. The molecule has 0 aromatic heterocycles. The van der Waals surface area contributed by atoms with Gasteiger partial charge >= 0.3 is 0 Å². The lowest BCUT2D eigenvalue weighted by molar-refractivity contribution is 0.148. The lowest BCUT2D eigenvalue weighted by Crippen LogP contribution is -2.46. The van der Waals surface area contributed by atoms with E-state index >= 15 is 0 Å². The van der Waals surface area contributed by atoms with E-state index < -0.39 is 0 Å². The normalized spacial score (nSPS) is 30.5. The highest BCUT2D eigenvalue weighted by molar-refractivity contribution is 5.28. The maximum absolute atomic E-state index is 5.27. The monoisotopic (exact) mass is 260 g/mol. The summed E-state index contributed by atoms with van der Waals surface area (Å²) in [7, 11) is 4.02. The third-order valence-corrected chi connectivity index (χ3v) is 4.83. The van der Waals surface area contributed by atoms with Gasteiger partial charge < -0.3 is 15.0 Å². The molecular weight excluding hydrogens is 236 g/mol. The van der Waals surface area contributed by atoms with Crippen molar-refractivity contribution in [2.24, 2.45) is 0 Å². The minimum absolute atomic E-state index is 0.680. The van der Waals surface area contributed by atoms with Crippen LogP contribution in [0.4, 0.5) is 0 Å². The first-order valence-electron chi connectivity index (χ1n) is 7.34. The van der Waals surface area contributed by atoms with Gasteiger partial charge in [0.25, 0.3) is 0 Å². The Bertz CT molecular complexity index is 421. The fourth-order valence-electron chi connectivity index (χ4n) is 3.62. The molecule has 2 heterocycles. The molecular formula is C16H24N2O. The van der Waals surface area contributed by atoms with Crippen molar-refractivity contribution in [3.05, 3.63) is 29.8 Å². The lowest BCUT2D eigenvalue weighted by Gasteiger charge is -2.36. The molecule has 2 aliphatic rings. The lowest BCUT2D eigenvalue weighted by atomic mass is 9.98. The first kappa shape index (κ1) is 12.9. The molecule has 2 fully saturated rings. The Hall–Kier alpha value is -1.06. The van der Waals surface area contributed by atoms with E-state index in [9.17, 15) is 0 Å². The summed E-state index contributed by atoms with van der Waals surface area (Å²) in [5.74, 6) is 0.947. The Morgan fingerprint density at radius 3 is 2.68 bits per heavy atom. The van der Waals surface area contributed by atoms with Gasteiger partial charge in [-0.15, -0.1) is 0 Å². The molecule has 2 unspecified atom stereocenters. The number of piperidine rings is 1. The zero-order valence-electron chi connectivity index (χ0n) is 11.9. The van der Waals surface area contributed by atoms with Crippen LogP contribution >= 0.6 is 0 Å². The Morgan fingerprint density at radius 2 is 2.00 bits per heavy atom. The molecule has 0 amide bonds. The highest BCUT2D eigenvalue weighted by Gasteiger charge is 2.37. The number of fused-ring (bicyclic) bond motifs is 2. The van der Waals surface area contributed by atoms with Gasteiger partial charge in [0, 0.05) is 24.7 Å². The van der Waals surface area contributed by atoms with E-state index in [1.165, 1.54) is 31.2 Å². The number of hydrogen-bond donors (Lipinski definition) is 1. The Balaban J connectivity index is 1.55. The van der Waals surface area contributed by atoms with E-state index in [-0.39, 0.29) is 0 Å². The molecule has 2 saturated heterocycles. The minimum atomic E-state index is 0.680. The average Bonchev–Trinajstić information content (AvgIpc) is 2.68. The molecule has 1 N–H and O–H groups in total. The van der Waals surface area contributed by atoms with Crippen LogP contribution in [0.3, 0.4) is 0 Å². The van der Waals surface area contributed by atoms with Gasteiger partial charge in [0.05, 0.1) is 7.11 Å². The first-order valence-corrected chi connectivity index (χ1v) is 7.34. The third kappa shape index (κ3) is 2.77. The van der Waals surface area contributed by atoms with Crippen molar-refractivity contribution in [1.82, 2.24) is 10.2 Å². The van der Waals surface area contributed by atoms with Crippen LogP contribution < -0.4 is 10.1 Å². The van der Waals surface area contributed by atoms with Gasteiger partial charge in [-0.3, -0.25) is 0 Å². The molecule has 0 radical (unpaired) electrons. The highest BCUT2D eigenvalue weighted by Crippen LogP contribution is 2.34. The van der Waals surface area contributed by atoms with Gasteiger partial charge in [0.15, 0.2) is 0 Å². The van der Waals surface area contributed by atoms with Gasteiger partial charge in [-0.05, 0) is 50.4 Å². The van der Waals surface area contributed by atoms with Crippen molar-refractivity contribution >= 4 is 0 Å². The van der Waals surface area contributed by atoms with E-state index in [1.807, 2.05) is 6.07 Å². The molecule has 2 bridgehead atoms. The van der Waals surface area contributed by atoms with Crippen molar-refractivity contribution < 1.29 is 4.74 Å². The first-order chi connectivity index (χ1) is 9.26.